The van der Waals surface area contributed by atoms with Crippen LogP contribution in [-0.4, -0.2) is 4.57 Å². The van der Waals surface area contributed by atoms with Crippen molar-refractivity contribution in [2.24, 2.45) is 0 Å². The number of nitrogens with zero attached hydrogens (tertiary/aromatic N) is 2. The monoisotopic (exact) mass is 846 g/mol. The van der Waals surface area contributed by atoms with Gasteiger partial charge < -0.3 is 13.9 Å². The Kier molecular flexibility index (Phi) is 8.72. The Morgan fingerprint density at radius 1 is 0.333 bits per heavy atom. The second-order valence-electron chi connectivity index (χ2n) is 17.0. The molecule has 0 unspecified atom stereocenters. The summed E-state index contributed by atoms with van der Waals surface area (Å²) in [5.41, 5.74) is 14.6. The number of halogens is 1. The number of furan rings is 1. The van der Waals surface area contributed by atoms with Gasteiger partial charge in [0, 0.05) is 49.4 Å². The van der Waals surface area contributed by atoms with Gasteiger partial charge in [0.05, 0.1) is 16.7 Å². The number of aromatic nitrogens is 1. The standard InChI is InChI=1S/C62H39FN2O/c63-57-23-11-22-51-50(57)21-12-25-59(51)65-58-24-8-6-19-52(58)56-38-43(30-34-60(56)65)42-28-32-49(55(37-42)45-29-33-54-53-20-7-9-26-61(53)66-62(54)39-45)44-15-10-18-47(36-44)64(46-16-2-1-3-17-46)48-31-27-40-13-4-5-14-41(40)35-48/h1-39H. The average molecular weight is 847 g/mol. The maximum atomic E-state index is 15.1. The van der Waals surface area contributed by atoms with E-state index >= 15 is 4.39 Å². The van der Waals surface area contributed by atoms with E-state index in [1.165, 1.54) is 16.8 Å². The zero-order valence-electron chi connectivity index (χ0n) is 35.7. The SMILES string of the molecule is Fc1cccc2c(-n3c4ccccc4c4cc(-c5ccc(-c6cccc(N(c7ccccc7)c7ccc8ccccc8c7)c6)c(-c6ccc7c(c6)oc6ccccc67)c5)ccc43)cccc12. The second-order valence-corrected chi connectivity index (χ2v) is 17.0. The first-order valence-corrected chi connectivity index (χ1v) is 22.3. The molecular formula is C62H39FN2O. The molecule has 0 radical (unpaired) electrons. The molecule has 2 heterocycles. The highest BCUT2D eigenvalue weighted by Crippen LogP contribution is 2.43. The highest BCUT2D eigenvalue weighted by molar-refractivity contribution is 6.12. The molecule has 4 heteroatoms. The van der Waals surface area contributed by atoms with Crippen molar-refractivity contribution in [3.8, 4) is 39.1 Å². The Bertz CT molecular complexity index is 4030. The number of rotatable bonds is 7. The van der Waals surface area contributed by atoms with E-state index < -0.39 is 0 Å². The predicted molar refractivity (Wildman–Crippen MR) is 274 cm³/mol. The van der Waals surface area contributed by atoms with Gasteiger partial charge >= 0.3 is 0 Å². The van der Waals surface area contributed by atoms with Crippen LogP contribution in [0.3, 0.4) is 0 Å². The third kappa shape index (κ3) is 6.18. The fourth-order valence-electron chi connectivity index (χ4n) is 10.1. The number of fused-ring (bicyclic) bond motifs is 8. The van der Waals surface area contributed by atoms with Crippen molar-refractivity contribution in [2.75, 3.05) is 4.90 Å². The molecule has 0 amide bonds. The molecule has 0 aliphatic heterocycles. The summed E-state index contributed by atoms with van der Waals surface area (Å²) in [4.78, 5) is 2.34. The van der Waals surface area contributed by atoms with E-state index in [0.717, 1.165) is 105 Å². The molecule has 11 aromatic carbocycles. The molecule has 3 nitrogen and oxygen atoms in total. The Hall–Kier alpha value is -8.73. The lowest BCUT2D eigenvalue weighted by atomic mass is 9.90. The summed E-state index contributed by atoms with van der Waals surface area (Å²) >= 11 is 0. The van der Waals surface area contributed by atoms with Crippen LogP contribution >= 0.6 is 0 Å². The highest BCUT2D eigenvalue weighted by Gasteiger charge is 2.19. The van der Waals surface area contributed by atoms with Crippen LogP contribution < -0.4 is 4.90 Å². The number of hydrogen-bond donors (Lipinski definition) is 0. The lowest BCUT2D eigenvalue weighted by molar-refractivity contribution is 0.640. The van der Waals surface area contributed by atoms with Crippen LogP contribution in [0.5, 0.6) is 0 Å². The summed E-state index contributed by atoms with van der Waals surface area (Å²) in [7, 11) is 0. The predicted octanol–water partition coefficient (Wildman–Crippen LogP) is 17.6. The summed E-state index contributed by atoms with van der Waals surface area (Å²) < 4.78 is 23.9. The minimum Gasteiger partial charge on any atom is -0.456 e. The van der Waals surface area contributed by atoms with Crippen molar-refractivity contribution in [3.63, 3.8) is 0 Å². The molecule has 0 spiro atoms. The first-order chi connectivity index (χ1) is 32.6. The maximum absolute atomic E-state index is 15.1. The van der Waals surface area contributed by atoms with Crippen LogP contribution in [0.1, 0.15) is 0 Å². The Morgan fingerprint density at radius 3 is 1.91 bits per heavy atom. The van der Waals surface area contributed by atoms with Gasteiger partial charge in [0.2, 0.25) is 0 Å². The first kappa shape index (κ1) is 37.8. The third-order valence-electron chi connectivity index (χ3n) is 13.2. The van der Waals surface area contributed by atoms with E-state index in [1.807, 2.05) is 30.3 Å². The Labute approximate surface area is 380 Å². The third-order valence-corrected chi connectivity index (χ3v) is 13.2. The topological polar surface area (TPSA) is 21.3 Å². The smallest absolute Gasteiger partial charge is 0.136 e. The second kappa shape index (κ2) is 15.2. The maximum Gasteiger partial charge on any atom is 0.136 e. The van der Waals surface area contributed by atoms with Crippen LogP contribution in [0.4, 0.5) is 21.5 Å². The van der Waals surface area contributed by atoms with Crippen molar-refractivity contribution in [1.29, 1.82) is 0 Å². The van der Waals surface area contributed by atoms with E-state index in [-0.39, 0.29) is 5.82 Å². The van der Waals surface area contributed by atoms with Gasteiger partial charge in [-0.3, -0.25) is 0 Å². The highest BCUT2D eigenvalue weighted by atomic mass is 19.1. The summed E-state index contributed by atoms with van der Waals surface area (Å²) in [5.74, 6) is -0.221. The van der Waals surface area contributed by atoms with Crippen molar-refractivity contribution in [3.05, 3.63) is 242 Å². The molecule has 0 N–H and O–H groups in total. The van der Waals surface area contributed by atoms with Gasteiger partial charge in [0.25, 0.3) is 0 Å². The quantitative estimate of drug-likeness (QED) is 0.159. The van der Waals surface area contributed by atoms with Gasteiger partial charge in [0.1, 0.15) is 17.0 Å². The van der Waals surface area contributed by atoms with Gasteiger partial charge in [-0.25, -0.2) is 4.39 Å². The number of anilines is 3. The minimum atomic E-state index is -0.221. The van der Waals surface area contributed by atoms with Crippen LogP contribution in [0.15, 0.2) is 241 Å². The summed E-state index contributed by atoms with van der Waals surface area (Å²) in [6, 6.07) is 82.8. The molecule has 0 saturated carbocycles. The van der Waals surface area contributed by atoms with E-state index in [9.17, 15) is 0 Å². The van der Waals surface area contributed by atoms with Gasteiger partial charge in [0.15, 0.2) is 0 Å². The van der Waals surface area contributed by atoms with Crippen molar-refractivity contribution < 1.29 is 8.81 Å². The van der Waals surface area contributed by atoms with Gasteiger partial charge in [-0.2, -0.15) is 0 Å². The zero-order valence-corrected chi connectivity index (χ0v) is 35.7. The van der Waals surface area contributed by atoms with Crippen LogP contribution in [0.25, 0.3) is 104 Å². The van der Waals surface area contributed by atoms with Crippen molar-refractivity contribution >= 4 is 82.4 Å². The van der Waals surface area contributed by atoms with Crippen LogP contribution in [0, 0.1) is 5.82 Å². The number of hydrogen-bond acceptors (Lipinski definition) is 2. The molecule has 310 valence electrons. The number of para-hydroxylation sites is 3. The fraction of sp³-hybridized carbons (Fsp3) is 0. The zero-order chi connectivity index (χ0) is 43.7. The summed E-state index contributed by atoms with van der Waals surface area (Å²) in [6.07, 6.45) is 0. The molecule has 66 heavy (non-hydrogen) atoms. The summed E-state index contributed by atoms with van der Waals surface area (Å²) in [5, 5.41) is 8.36. The van der Waals surface area contributed by atoms with Crippen LogP contribution in [-0.2, 0) is 0 Å². The molecule has 0 atom stereocenters. The normalized spacial score (nSPS) is 11.7. The number of benzene rings is 11. The molecule has 0 fully saturated rings. The van der Waals surface area contributed by atoms with Gasteiger partial charge in [-0.15, -0.1) is 0 Å². The van der Waals surface area contributed by atoms with E-state index in [1.54, 1.807) is 6.07 Å². The van der Waals surface area contributed by atoms with Gasteiger partial charge in [-0.1, -0.05) is 146 Å². The molecule has 13 rings (SSSR count). The molecule has 2 aromatic heterocycles. The van der Waals surface area contributed by atoms with Crippen molar-refractivity contribution in [1.82, 2.24) is 4.57 Å². The van der Waals surface area contributed by atoms with E-state index in [0.29, 0.717) is 5.39 Å². The van der Waals surface area contributed by atoms with Crippen LogP contribution in [0.2, 0.25) is 0 Å². The molecular weight excluding hydrogens is 808 g/mol. The molecule has 0 bridgehead atoms. The van der Waals surface area contributed by atoms with E-state index in [2.05, 4.69) is 204 Å². The largest absolute Gasteiger partial charge is 0.456 e. The summed E-state index contributed by atoms with van der Waals surface area (Å²) in [6.45, 7) is 0. The molecule has 13 aromatic rings. The van der Waals surface area contributed by atoms with E-state index in [4.69, 9.17) is 4.42 Å². The minimum absolute atomic E-state index is 0.221. The van der Waals surface area contributed by atoms with Gasteiger partial charge in [-0.05, 0) is 135 Å². The lowest BCUT2D eigenvalue weighted by Crippen LogP contribution is -2.09. The molecule has 0 aliphatic carbocycles. The molecule has 0 saturated heterocycles. The Balaban J connectivity index is 0.990. The first-order valence-electron chi connectivity index (χ1n) is 22.3. The van der Waals surface area contributed by atoms with Crippen molar-refractivity contribution in [2.45, 2.75) is 0 Å². The lowest BCUT2D eigenvalue weighted by Gasteiger charge is -2.26. The Morgan fingerprint density at radius 2 is 0.985 bits per heavy atom. The molecule has 0 aliphatic rings. The average Bonchev–Trinajstić information content (AvgIpc) is 3.92. The fourth-order valence-corrected chi connectivity index (χ4v) is 10.1.